The van der Waals surface area contributed by atoms with Crippen molar-refractivity contribution in [2.45, 2.75) is 12.5 Å². The predicted octanol–water partition coefficient (Wildman–Crippen LogP) is -0.458. The van der Waals surface area contributed by atoms with Crippen LogP contribution in [0.15, 0.2) is 0 Å². The molecule has 0 atom stereocenters. The minimum atomic E-state index is -2.46. The van der Waals surface area contributed by atoms with Gasteiger partial charge in [0.15, 0.2) is 0 Å². The van der Waals surface area contributed by atoms with Gasteiger partial charge >= 0.3 is 8.80 Å². The molecule has 6 heteroatoms. The highest BCUT2D eigenvalue weighted by atomic mass is 28.4. The normalized spacial score (nSPS) is 12.0. The van der Waals surface area contributed by atoms with Crippen molar-refractivity contribution >= 4 is 8.80 Å². The van der Waals surface area contributed by atoms with Crippen molar-refractivity contribution in [1.29, 1.82) is 0 Å². The molecule has 4 N–H and O–H groups in total. The van der Waals surface area contributed by atoms with E-state index in [1.165, 1.54) is 0 Å². The monoisotopic (exact) mass is 208 g/mol. The molecule has 80 valence electrons. The first-order chi connectivity index (χ1) is 6.24. The Balaban J connectivity index is 3.89. The van der Waals surface area contributed by atoms with Crippen LogP contribution < -0.4 is 11.5 Å². The summed E-state index contributed by atoms with van der Waals surface area (Å²) in [6.45, 7) is 1.70. The molecule has 0 aliphatic rings. The molecule has 0 heterocycles. The third kappa shape index (κ3) is 4.70. The first-order valence-electron chi connectivity index (χ1n) is 4.39. The van der Waals surface area contributed by atoms with Crippen LogP contribution in [0.1, 0.15) is 6.42 Å². The van der Waals surface area contributed by atoms with E-state index in [1.807, 2.05) is 0 Å². The third-order valence-electron chi connectivity index (χ3n) is 1.74. The molecule has 0 aromatic heterocycles. The van der Waals surface area contributed by atoms with Crippen molar-refractivity contribution in [1.82, 2.24) is 0 Å². The fourth-order valence-electron chi connectivity index (χ4n) is 0.965. The van der Waals surface area contributed by atoms with Crippen LogP contribution in [0.25, 0.3) is 0 Å². The molecule has 0 aromatic rings. The molecule has 0 amide bonds. The van der Waals surface area contributed by atoms with Gasteiger partial charge in [0, 0.05) is 26.9 Å². The minimum absolute atomic E-state index is 0.510. The molecule has 0 fully saturated rings. The van der Waals surface area contributed by atoms with Gasteiger partial charge in [-0.25, -0.2) is 0 Å². The van der Waals surface area contributed by atoms with E-state index in [1.54, 1.807) is 14.2 Å². The maximum Gasteiger partial charge on any atom is 0.501 e. The molecule has 0 unspecified atom stereocenters. The number of hydrogen-bond donors (Lipinski definition) is 2. The highest BCUT2D eigenvalue weighted by molar-refractivity contribution is 6.60. The highest BCUT2D eigenvalue weighted by Gasteiger charge is 2.37. The summed E-state index contributed by atoms with van der Waals surface area (Å²) in [7, 11) is 0.721. The van der Waals surface area contributed by atoms with Crippen LogP contribution in [0.4, 0.5) is 0 Å². The van der Waals surface area contributed by atoms with Crippen LogP contribution in [-0.4, -0.2) is 42.7 Å². The number of hydrogen-bond acceptors (Lipinski definition) is 5. The first-order valence-corrected chi connectivity index (χ1v) is 6.32. The molecule has 13 heavy (non-hydrogen) atoms. The van der Waals surface area contributed by atoms with Crippen LogP contribution in [-0.2, 0) is 13.3 Å². The summed E-state index contributed by atoms with van der Waals surface area (Å²) >= 11 is 0. The van der Waals surface area contributed by atoms with Crippen molar-refractivity contribution in [3.8, 4) is 0 Å². The van der Waals surface area contributed by atoms with Gasteiger partial charge in [0.05, 0.1) is 0 Å². The maximum atomic E-state index is 5.54. The SMILES string of the molecule is CO[Si](CCN)(OC)OCCCN. The molecule has 0 aliphatic carbocycles. The zero-order valence-corrected chi connectivity index (χ0v) is 9.41. The summed E-state index contributed by atoms with van der Waals surface area (Å²) in [5.74, 6) is 0. The van der Waals surface area contributed by atoms with Crippen LogP contribution in [0, 0.1) is 0 Å². The molecule has 0 bridgehead atoms. The Morgan fingerprint density at radius 2 is 1.69 bits per heavy atom. The Labute approximate surface area is 80.7 Å². The Morgan fingerprint density at radius 3 is 2.08 bits per heavy atom. The topological polar surface area (TPSA) is 79.7 Å². The lowest BCUT2D eigenvalue weighted by molar-refractivity contribution is 0.0984. The number of rotatable bonds is 8. The van der Waals surface area contributed by atoms with Crippen LogP contribution in [0.2, 0.25) is 6.04 Å². The van der Waals surface area contributed by atoms with Crippen molar-refractivity contribution in [3.05, 3.63) is 0 Å². The lowest BCUT2D eigenvalue weighted by atomic mass is 10.5. The predicted molar refractivity (Wildman–Crippen MR) is 53.3 cm³/mol. The van der Waals surface area contributed by atoms with Gasteiger partial charge in [-0.2, -0.15) is 0 Å². The second-order valence-corrected chi connectivity index (χ2v) is 5.59. The molecule has 5 nitrogen and oxygen atoms in total. The van der Waals surface area contributed by atoms with Gasteiger partial charge in [0.1, 0.15) is 0 Å². The summed E-state index contributed by atoms with van der Waals surface area (Å²) in [6.07, 6.45) is 0.812. The van der Waals surface area contributed by atoms with Gasteiger partial charge in [-0.05, 0) is 19.5 Å². The molecule has 0 spiro atoms. The third-order valence-corrected chi connectivity index (χ3v) is 4.53. The Hall–Kier alpha value is 0.0169. The van der Waals surface area contributed by atoms with E-state index in [0.717, 1.165) is 6.42 Å². The lowest BCUT2D eigenvalue weighted by Crippen LogP contribution is -2.45. The van der Waals surface area contributed by atoms with E-state index < -0.39 is 8.80 Å². The lowest BCUT2D eigenvalue weighted by Gasteiger charge is -2.25. The average molecular weight is 208 g/mol. The molecule has 0 radical (unpaired) electrons. The largest absolute Gasteiger partial charge is 0.501 e. The minimum Gasteiger partial charge on any atom is -0.377 e. The fraction of sp³-hybridized carbons (Fsp3) is 1.00. The molecular formula is C7H20N2O3Si. The van der Waals surface area contributed by atoms with E-state index in [0.29, 0.717) is 25.7 Å². The van der Waals surface area contributed by atoms with E-state index in [2.05, 4.69) is 0 Å². The van der Waals surface area contributed by atoms with Gasteiger partial charge in [-0.1, -0.05) is 0 Å². The summed E-state index contributed by atoms with van der Waals surface area (Å²) in [6, 6.07) is 0.643. The van der Waals surface area contributed by atoms with Gasteiger partial charge < -0.3 is 24.7 Å². The van der Waals surface area contributed by atoms with E-state index in [-0.39, 0.29) is 0 Å². The van der Waals surface area contributed by atoms with Gasteiger partial charge in [-0.3, -0.25) is 0 Å². The second kappa shape index (κ2) is 7.42. The summed E-state index contributed by atoms with van der Waals surface area (Å²) in [4.78, 5) is 0. The van der Waals surface area contributed by atoms with E-state index in [4.69, 9.17) is 24.7 Å². The second-order valence-electron chi connectivity index (χ2n) is 2.62. The Bertz CT molecular complexity index is 122. The van der Waals surface area contributed by atoms with E-state index in [9.17, 15) is 0 Å². The van der Waals surface area contributed by atoms with Crippen LogP contribution in [0.3, 0.4) is 0 Å². The first kappa shape index (κ1) is 13.0. The smallest absolute Gasteiger partial charge is 0.377 e. The maximum absolute atomic E-state index is 5.54. The average Bonchev–Trinajstić information content (AvgIpc) is 2.17. The van der Waals surface area contributed by atoms with Crippen molar-refractivity contribution in [2.75, 3.05) is 33.9 Å². The summed E-state index contributed by atoms with van der Waals surface area (Å²) in [5, 5.41) is 0. The quantitative estimate of drug-likeness (QED) is 0.417. The van der Waals surface area contributed by atoms with Crippen molar-refractivity contribution in [3.63, 3.8) is 0 Å². The standard InChI is InChI=1S/C7H20N2O3Si/c1-10-13(11-2,7-5-9)12-6-3-4-8/h3-9H2,1-2H3. The fourth-order valence-corrected chi connectivity index (χ4v) is 2.73. The molecule has 0 aromatic carbocycles. The Kier molecular flexibility index (Phi) is 7.43. The summed E-state index contributed by atoms with van der Waals surface area (Å²) in [5.41, 5.74) is 10.8. The van der Waals surface area contributed by atoms with Crippen LogP contribution >= 0.6 is 0 Å². The zero-order valence-electron chi connectivity index (χ0n) is 8.41. The van der Waals surface area contributed by atoms with Gasteiger partial charge in [0.25, 0.3) is 0 Å². The number of nitrogens with two attached hydrogens (primary N) is 2. The molecule has 0 saturated heterocycles. The van der Waals surface area contributed by atoms with Crippen molar-refractivity contribution in [2.24, 2.45) is 11.5 Å². The molecular weight excluding hydrogens is 188 g/mol. The molecule has 0 saturated carbocycles. The van der Waals surface area contributed by atoms with Gasteiger partial charge in [0.2, 0.25) is 0 Å². The molecule has 0 rings (SSSR count). The summed E-state index contributed by atoms with van der Waals surface area (Å²) < 4.78 is 16.0. The van der Waals surface area contributed by atoms with Crippen molar-refractivity contribution < 1.29 is 13.3 Å². The van der Waals surface area contributed by atoms with E-state index >= 15 is 0 Å². The zero-order chi connectivity index (χ0) is 10.2. The molecule has 0 aliphatic heterocycles. The highest BCUT2D eigenvalue weighted by Crippen LogP contribution is 2.12. The Morgan fingerprint density at radius 1 is 1.08 bits per heavy atom. The van der Waals surface area contributed by atoms with Crippen LogP contribution in [0.5, 0.6) is 0 Å². The van der Waals surface area contributed by atoms with Gasteiger partial charge in [-0.15, -0.1) is 0 Å².